The second-order valence-electron chi connectivity index (χ2n) is 5.20. The van der Waals surface area contributed by atoms with Gasteiger partial charge in [0.25, 0.3) is 0 Å². The van der Waals surface area contributed by atoms with E-state index in [1.54, 1.807) is 10.7 Å². The fourth-order valence-electron chi connectivity index (χ4n) is 2.30. The molecule has 3 nitrogen and oxygen atoms in total. The van der Waals surface area contributed by atoms with Crippen LogP contribution in [0, 0.1) is 12.7 Å². The van der Waals surface area contributed by atoms with E-state index in [1.165, 1.54) is 6.07 Å². The van der Waals surface area contributed by atoms with Crippen molar-refractivity contribution in [3.05, 3.63) is 53.1 Å². The van der Waals surface area contributed by atoms with E-state index in [-0.39, 0.29) is 11.9 Å². The average Bonchev–Trinajstić information content (AvgIpc) is 2.85. The maximum atomic E-state index is 13.4. The van der Waals surface area contributed by atoms with Gasteiger partial charge < -0.3 is 5.32 Å². The Morgan fingerprint density at radius 3 is 2.80 bits per heavy atom. The molecule has 0 aliphatic rings. The molecule has 20 heavy (non-hydrogen) atoms. The third-order valence-electron chi connectivity index (χ3n) is 3.47. The summed E-state index contributed by atoms with van der Waals surface area (Å²) < 4.78 is 15.2. The van der Waals surface area contributed by atoms with E-state index in [2.05, 4.69) is 17.3 Å². The quantitative estimate of drug-likeness (QED) is 0.877. The van der Waals surface area contributed by atoms with Crippen LogP contribution in [0.5, 0.6) is 0 Å². The molecule has 4 heteroatoms. The van der Waals surface area contributed by atoms with Crippen molar-refractivity contribution in [2.45, 2.75) is 32.7 Å². The highest BCUT2D eigenvalue weighted by Gasteiger charge is 2.15. The fraction of sp³-hybridized carbons (Fsp3) is 0.438. The topological polar surface area (TPSA) is 29.9 Å². The molecule has 1 N–H and O–H groups in total. The Kier molecular flexibility index (Phi) is 4.90. The highest BCUT2D eigenvalue weighted by molar-refractivity contribution is 5.28. The molecular weight excluding hydrogens is 253 g/mol. The van der Waals surface area contributed by atoms with E-state index < -0.39 is 0 Å². The highest BCUT2D eigenvalue weighted by atomic mass is 19.1. The van der Waals surface area contributed by atoms with Crippen LogP contribution >= 0.6 is 0 Å². The molecule has 0 radical (unpaired) electrons. The van der Waals surface area contributed by atoms with Gasteiger partial charge in [0, 0.05) is 13.2 Å². The predicted octanol–water partition coefficient (Wildman–Crippen LogP) is 3.15. The van der Waals surface area contributed by atoms with Crippen molar-refractivity contribution in [3.8, 4) is 0 Å². The standard InChI is InChI=1S/C16H22FN3/c1-4-8-18-16(15-7-9-20(3)19-15)11-13-10-14(17)6-5-12(13)2/h5-7,9-10,16,18H,4,8,11H2,1-3H3. The number of rotatable bonds is 6. The lowest BCUT2D eigenvalue weighted by molar-refractivity contribution is 0.508. The summed E-state index contributed by atoms with van der Waals surface area (Å²) in [6.07, 6.45) is 3.75. The SMILES string of the molecule is CCCNC(Cc1cc(F)ccc1C)c1ccn(C)n1. The molecule has 0 fully saturated rings. The molecule has 0 amide bonds. The van der Waals surface area contributed by atoms with Crippen LogP contribution in [-0.2, 0) is 13.5 Å². The largest absolute Gasteiger partial charge is 0.308 e. The van der Waals surface area contributed by atoms with Crippen LogP contribution in [0.15, 0.2) is 30.5 Å². The number of aryl methyl sites for hydroxylation is 2. The van der Waals surface area contributed by atoms with Crippen LogP contribution in [0.1, 0.15) is 36.2 Å². The number of hydrogen-bond donors (Lipinski definition) is 1. The Morgan fingerprint density at radius 2 is 2.15 bits per heavy atom. The molecule has 0 aliphatic heterocycles. The molecule has 1 aromatic carbocycles. The number of hydrogen-bond acceptors (Lipinski definition) is 2. The van der Waals surface area contributed by atoms with Gasteiger partial charge in [-0.2, -0.15) is 5.10 Å². The summed E-state index contributed by atoms with van der Waals surface area (Å²) in [5.74, 6) is -0.180. The summed E-state index contributed by atoms with van der Waals surface area (Å²) in [6, 6.07) is 7.10. The van der Waals surface area contributed by atoms with Gasteiger partial charge in [0.2, 0.25) is 0 Å². The van der Waals surface area contributed by atoms with Crippen LogP contribution in [0.25, 0.3) is 0 Å². The molecule has 108 valence electrons. The van der Waals surface area contributed by atoms with Crippen molar-refractivity contribution in [2.75, 3.05) is 6.54 Å². The van der Waals surface area contributed by atoms with Crippen LogP contribution in [-0.4, -0.2) is 16.3 Å². The van der Waals surface area contributed by atoms with E-state index >= 15 is 0 Å². The normalized spacial score (nSPS) is 12.6. The van der Waals surface area contributed by atoms with E-state index in [9.17, 15) is 4.39 Å². The molecule has 0 spiro atoms. The van der Waals surface area contributed by atoms with Crippen molar-refractivity contribution in [3.63, 3.8) is 0 Å². The molecule has 1 unspecified atom stereocenters. The van der Waals surface area contributed by atoms with Crippen molar-refractivity contribution >= 4 is 0 Å². The van der Waals surface area contributed by atoms with Crippen LogP contribution < -0.4 is 5.32 Å². The smallest absolute Gasteiger partial charge is 0.123 e. The van der Waals surface area contributed by atoms with Gasteiger partial charge in [-0.1, -0.05) is 13.0 Å². The Hall–Kier alpha value is -1.68. The first kappa shape index (κ1) is 14.7. The lowest BCUT2D eigenvalue weighted by Gasteiger charge is -2.18. The first-order valence-electron chi connectivity index (χ1n) is 7.08. The fourth-order valence-corrected chi connectivity index (χ4v) is 2.30. The minimum Gasteiger partial charge on any atom is -0.308 e. The molecule has 0 saturated heterocycles. The number of halogens is 1. The molecular formula is C16H22FN3. The van der Waals surface area contributed by atoms with Crippen molar-refractivity contribution in [1.29, 1.82) is 0 Å². The molecule has 0 bridgehead atoms. The minimum atomic E-state index is -0.180. The molecule has 2 rings (SSSR count). The third-order valence-corrected chi connectivity index (χ3v) is 3.47. The minimum absolute atomic E-state index is 0.122. The number of aromatic nitrogens is 2. The van der Waals surface area contributed by atoms with Gasteiger partial charge in [-0.3, -0.25) is 4.68 Å². The summed E-state index contributed by atoms with van der Waals surface area (Å²) in [6.45, 7) is 5.08. The van der Waals surface area contributed by atoms with Gasteiger partial charge in [-0.25, -0.2) is 4.39 Å². The number of nitrogens with zero attached hydrogens (tertiary/aromatic N) is 2. The maximum absolute atomic E-state index is 13.4. The first-order chi connectivity index (χ1) is 9.60. The Labute approximate surface area is 119 Å². The zero-order valence-corrected chi connectivity index (χ0v) is 12.4. The maximum Gasteiger partial charge on any atom is 0.123 e. The van der Waals surface area contributed by atoms with Crippen molar-refractivity contribution in [2.24, 2.45) is 7.05 Å². The van der Waals surface area contributed by atoms with Crippen molar-refractivity contribution in [1.82, 2.24) is 15.1 Å². The van der Waals surface area contributed by atoms with Crippen LogP contribution in [0.4, 0.5) is 4.39 Å². The summed E-state index contributed by atoms with van der Waals surface area (Å²) in [5.41, 5.74) is 3.15. The Balaban J connectivity index is 2.21. The lowest BCUT2D eigenvalue weighted by atomic mass is 9.99. The number of nitrogens with one attached hydrogen (secondary N) is 1. The molecule has 1 heterocycles. The zero-order chi connectivity index (χ0) is 14.5. The van der Waals surface area contributed by atoms with Gasteiger partial charge in [0.1, 0.15) is 5.82 Å². The second kappa shape index (κ2) is 6.66. The lowest BCUT2D eigenvalue weighted by Crippen LogP contribution is -2.25. The third kappa shape index (κ3) is 3.67. The monoisotopic (exact) mass is 275 g/mol. The van der Waals surface area contributed by atoms with Crippen LogP contribution in [0.2, 0.25) is 0 Å². The molecule has 2 aromatic rings. The second-order valence-corrected chi connectivity index (χ2v) is 5.20. The Morgan fingerprint density at radius 1 is 1.35 bits per heavy atom. The zero-order valence-electron chi connectivity index (χ0n) is 12.4. The molecule has 0 aliphatic carbocycles. The van der Waals surface area contributed by atoms with E-state index in [1.807, 2.05) is 32.3 Å². The Bertz CT molecular complexity index is 563. The van der Waals surface area contributed by atoms with Gasteiger partial charge in [0.05, 0.1) is 11.7 Å². The van der Waals surface area contributed by atoms with E-state index in [4.69, 9.17) is 0 Å². The predicted molar refractivity (Wildman–Crippen MR) is 79.1 cm³/mol. The molecule has 1 aromatic heterocycles. The highest BCUT2D eigenvalue weighted by Crippen LogP contribution is 2.20. The van der Waals surface area contributed by atoms with Crippen molar-refractivity contribution < 1.29 is 4.39 Å². The number of benzene rings is 1. The molecule has 0 saturated carbocycles. The van der Waals surface area contributed by atoms with Crippen LogP contribution in [0.3, 0.4) is 0 Å². The average molecular weight is 275 g/mol. The summed E-state index contributed by atoms with van der Waals surface area (Å²) in [4.78, 5) is 0. The van der Waals surface area contributed by atoms with E-state index in [0.29, 0.717) is 0 Å². The summed E-state index contributed by atoms with van der Waals surface area (Å²) in [5, 5.41) is 7.97. The molecule has 1 atom stereocenters. The van der Waals surface area contributed by atoms with Gasteiger partial charge >= 0.3 is 0 Å². The van der Waals surface area contributed by atoms with Gasteiger partial charge in [-0.15, -0.1) is 0 Å². The van der Waals surface area contributed by atoms with Gasteiger partial charge in [0.15, 0.2) is 0 Å². The summed E-state index contributed by atoms with van der Waals surface area (Å²) in [7, 11) is 1.91. The van der Waals surface area contributed by atoms with E-state index in [0.717, 1.165) is 36.2 Å². The first-order valence-corrected chi connectivity index (χ1v) is 7.08. The summed E-state index contributed by atoms with van der Waals surface area (Å²) >= 11 is 0. The van der Waals surface area contributed by atoms with Gasteiger partial charge in [-0.05, 0) is 55.6 Å².